The van der Waals surface area contributed by atoms with Crippen molar-refractivity contribution in [2.45, 2.75) is 18.4 Å². The van der Waals surface area contributed by atoms with Gasteiger partial charge < -0.3 is 4.18 Å². The number of halogens is 3. The lowest BCUT2D eigenvalue weighted by molar-refractivity contribution is -0.123. The third-order valence-corrected chi connectivity index (χ3v) is 8.48. The zero-order valence-corrected chi connectivity index (χ0v) is 22.7. The average Bonchev–Trinajstić information content (AvgIpc) is 3.05. The van der Waals surface area contributed by atoms with Crippen molar-refractivity contribution in [3.05, 3.63) is 96.8 Å². The van der Waals surface area contributed by atoms with Gasteiger partial charge in [0.05, 0.1) is 26.0 Å². The zero-order valence-electron chi connectivity index (χ0n) is 18.0. The van der Waals surface area contributed by atoms with Crippen molar-refractivity contribution in [3.63, 3.8) is 0 Å². The molecular weight excluding hydrogens is 597 g/mol. The van der Waals surface area contributed by atoms with Crippen molar-refractivity contribution < 1.29 is 22.2 Å². The SMILES string of the molecule is Cc1ccc(S(=O)(=O)Oc2ccc(/C=C3\SC(=O)N(Cc4ccc(Cl)c(Cl)c4)C3=O)cc2Br)cc1. The van der Waals surface area contributed by atoms with E-state index < -0.39 is 21.3 Å². The second-order valence-electron chi connectivity index (χ2n) is 7.56. The molecule has 0 aromatic heterocycles. The topological polar surface area (TPSA) is 80.8 Å². The summed E-state index contributed by atoms with van der Waals surface area (Å²) in [5, 5.41) is 0.313. The molecule has 1 aliphatic heterocycles. The number of carbonyl (C=O) groups excluding carboxylic acids is 2. The molecule has 180 valence electrons. The lowest BCUT2D eigenvalue weighted by Crippen LogP contribution is -2.27. The Hall–Kier alpha value is -2.30. The van der Waals surface area contributed by atoms with E-state index in [0.29, 0.717) is 25.6 Å². The first kappa shape index (κ1) is 25.8. The molecule has 4 rings (SSSR count). The highest BCUT2D eigenvalue weighted by molar-refractivity contribution is 9.10. The van der Waals surface area contributed by atoms with Crippen LogP contribution in [0.2, 0.25) is 10.0 Å². The molecule has 35 heavy (non-hydrogen) atoms. The first-order valence-electron chi connectivity index (χ1n) is 10.0. The molecule has 1 fully saturated rings. The van der Waals surface area contributed by atoms with Crippen LogP contribution in [0.15, 0.2) is 74.9 Å². The van der Waals surface area contributed by atoms with Crippen molar-refractivity contribution in [3.8, 4) is 5.75 Å². The van der Waals surface area contributed by atoms with E-state index >= 15 is 0 Å². The molecule has 0 spiro atoms. The second-order valence-corrected chi connectivity index (χ2v) is 11.8. The minimum absolute atomic E-state index is 0.0368. The summed E-state index contributed by atoms with van der Waals surface area (Å²) in [6.45, 7) is 1.92. The van der Waals surface area contributed by atoms with Crippen LogP contribution in [0.3, 0.4) is 0 Å². The van der Waals surface area contributed by atoms with E-state index in [4.69, 9.17) is 27.4 Å². The van der Waals surface area contributed by atoms with Gasteiger partial charge in [-0.05, 0) is 88.2 Å². The Morgan fingerprint density at radius 1 is 1.00 bits per heavy atom. The maximum absolute atomic E-state index is 12.8. The van der Waals surface area contributed by atoms with Gasteiger partial charge in [0.1, 0.15) is 4.90 Å². The van der Waals surface area contributed by atoms with Crippen LogP contribution in [0.25, 0.3) is 6.08 Å². The fourth-order valence-electron chi connectivity index (χ4n) is 3.15. The number of thioether (sulfide) groups is 1. The normalized spacial score (nSPS) is 15.2. The van der Waals surface area contributed by atoms with Gasteiger partial charge >= 0.3 is 10.1 Å². The number of hydrogen-bond donors (Lipinski definition) is 0. The Labute approximate surface area is 225 Å². The van der Waals surface area contributed by atoms with E-state index in [9.17, 15) is 18.0 Å². The summed E-state index contributed by atoms with van der Waals surface area (Å²) in [5.74, 6) is -0.347. The van der Waals surface area contributed by atoms with Crippen LogP contribution in [0.4, 0.5) is 4.79 Å². The average molecular weight is 613 g/mol. The maximum atomic E-state index is 12.8. The van der Waals surface area contributed by atoms with Gasteiger partial charge in [0.15, 0.2) is 5.75 Å². The Kier molecular flexibility index (Phi) is 7.63. The lowest BCUT2D eigenvalue weighted by Gasteiger charge is -2.13. The number of hydrogen-bond acceptors (Lipinski definition) is 6. The molecule has 0 N–H and O–H groups in total. The van der Waals surface area contributed by atoms with Crippen LogP contribution < -0.4 is 4.18 Å². The molecule has 3 aromatic carbocycles. The fourth-order valence-corrected chi connectivity index (χ4v) is 5.84. The van der Waals surface area contributed by atoms with Gasteiger partial charge in [0.25, 0.3) is 11.1 Å². The Bertz CT molecular complexity index is 1470. The van der Waals surface area contributed by atoms with Crippen LogP contribution in [-0.4, -0.2) is 24.5 Å². The van der Waals surface area contributed by atoms with E-state index in [-0.39, 0.29) is 22.1 Å². The van der Waals surface area contributed by atoms with Gasteiger partial charge in [-0.15, -0.1) is 0 Å². The van der Waals surface area contributed by atoms with Gasteiger partial charge in [-0.2, -0.15) is 8.42 Å². The molecule has 0 bridgehead atoms. The largest absolute Gasteiger partial charge is 0.378 e. The molecule has 0 saturated carbocycles. The summed E-state index contributed by atoms with van der Waals surface area (Å²) < 4.78 is 30.8. The molecule has 11 heteroatoms. The van der Waals surface area contributed by atoms with Crippen molar-refractivity contribution in [1.29, 1.82) is 0 Å². The van der Waals surface area contributed by atoms with Crippen LogP contribution >= 0.6 is 50.9 Å². The van der Waals surface area contributed by atoms with Crippen molar-refractivity contribution in [2.75, 3.05) is 0 Å². The zero-order chi connectivity index (χ0) is 25.3. The molecule has 1 aliphatic rings. The number of imide groups is 1. The summed E-state index contributed by atoms with van der Waals surface area (Å²) >= 11 is 16.1. The Balaban J connectivity index is 1.51. The molecule has 6 nitrogen and oxygen atoms in total. The number of rotatable bonds is 6. The maximum Gasteiger partial charge on any atom is 0.339 e. The van der Waals surface area contributed by atoms with Gasteiger partial charge in [0.2, 0.25) is 0 Å². The third-order valence-electron chi connectivity index (χ3n) is 4.96. The van der Waals surface area contributed by atoms with Crippen LogP contribution in [0.1, 0.15) is 16.7 Å². The van der Waals surface area contributed by atoms with Crippen molar-refractivity contribution in [2.24, 2.45) is 0 Å². The summed E-state index contributed by atoms with van der Waals surface area (Å²) in [7, 11) is -4.02. The first-order chi connectivity index (χ1) is 16.5. The number of nitrogens with zero attached hydrogens (tertiary/aromatic N) is 1. The summed E-state index contributed by atoms with van der Waals surface area (Å²) in [5.41, 5.74) is 2.18. The molecular formula is C24H16BrCl2NO5S2. The molecule has 0 aliphatic carbocycles. The van der Waals surface area contributed by atoms with Gasteiger partial charge in [-0.1, -0.05) is 53.0 Å². The van der Waals surface area contributed by atoms with Crippen LogP contribution in [0.5, 0.6) is 5.75 Å². The standard InChI is InChI=1S/C24H16BrCl2NO5S2/c1-14-2-6-17(7-3-14)35(31,32)33-21-9-5-15(10-18(21)25)12-22-23(29)28(24(30)34-22)13-16-4-8-19(26)20(27)11-16/h2-12H,13H2,1H3/b22-12-. The summed E-state index contributed by atoms with van der Waals surface area (Å²) in [4.78, 5) is 26.7. The quantitative estimate of drug-likeness (QED) is 0.219. The number of aryl methyl sites for hydroxylation is 1. The van der Waals surface area contributed by atoms with Crippen LogP contribution in [-0.2, 0) is 21.5 Å². The minimum atomic E-state index is -4.02. The minimum Gasteiger partial charge on any atom is -0.378 e. The predicted octanol–water partition coefficient (Wildman–Crippen LogP) is 7.07. The third kappa shape index (κ3) is 5.92. The van der Waals surface area contributed by atoms with Gasteiger partial charge in [-0.3, -0.25) is 14.5 Å². The highest BCUT2D eigenvalue weighted by Crippen LogP contribution is 2.36. The van der Waals surface area contributed by atoms with Crippen molar-refractivity contribution >= 4 is 78.2 Å². The van der Waals surface area contributed by atoms with E-state index in [2.05, 4.69) is 15.9 Å². The first-order valence-corrected chi connectivity index (χ1v) is 13.8. The molecule has 0 unspecified atom stereocenters. The van der Waals surface area contributed by atoms with E-state index in [0.717, 1.165) is 22.2 Å². The van der Waals surface area contributed by atoms with E-state index in [1.54, 1.807) is 48.5 Å². The van der Waals surface area contributed by atoms with Gasteiger partial charge in [0, 0.05) is 0 Å². The number of benzene rings is 3. The summed E-state index contributed by atoms with van der Waals surface area (Å²) in [6, 6.07) is 15.9. The van der Waals surface area contributed by atoms with Crippen molar-refractivity contribution in [1.82, 2.24) is 4.90 Å². The highest BCUT2D eigenvalue weighted by atomic mass is 79.9. The molecule has 3 aromatic rings. The smallest absolute Gasteiger partial charge is 0.339 e. The van der Waals surface area contributed by atoms with E-state index in [1.165, 1.54) is 18.2 Å². The van der Waals surface area contributed by atoms with E-state index in [1.807, 2.05) is 6.92 Å². The Morgan fingerprint density at radius 3 is 2.37 bits per heavy atom. The van der Waals surface area contributed by atoms with Gasteiger partial charge in [-0.25, -0.2) is 0 Å². The second kappa shape index (κ2) is 10.4. The fraction of sp³-hybridized carbons (Fsp3) is 0.0833. The molecule has 1 saturated heterocycles. The monoisotopic (exact) mass is 611 g/mol. The lowest BCUT2D eigenvalue weighted by atomic mass is 10.2. The van der Waals surface area contributed by atoms with Crippen LogP contribution in [0, 0.1) is 6.92 Å². The molecule has 2 amide bonds. The molecule has 0 atom stereocenters. The Morgan fingerprint density at radius 2 is 1.71 bits per heavy atom. The number of carbonyl (C=O) groups is 2. The highest BCUT2D eigenvalue weighted by Gasteiger charge is 2.35. The predicted molar refractivity (Wildman–Crippen MR) is 141 cm³/mol. The number of amides is 2. The molecule has 0 radical (unpaired) electrons. The summed E-state index contributed by atoms with van der Waals surface area (Å²) in [6.07, 6.45) is 1.56. The molecule has 1 heterocycles.